The van der Waals surface area contributed by atoms with Crippen LogP contribution in [-0.2, 0) is 17.6 Å². The van der Waals surface area contributed by atoms with Crippen molar-refractivity contribution in [3.63, 3.8) is 0 Å². The Bertz CT molecular complexity index is 973. The summed E-state index contributed by atoms with van der Waals surface area (Å²) in [6, 6.07) is 9.51. The van der Waals surface area contributed by atoms with E-state index in [9.17, 15) is 14.0 Å². The van der Waals surface area contributed by atoms with Crippen molar-refractivity contribution in [2.75, 3.05) is 11.4 Å². The molecule has 2 aromatic rings. The van der Waals surface area contributed by atoms with Crippen LogP contribution in [0.25, 0.3) is 0 Å². The number of unbranched alkanes of at least 4 members (excludes halogenated alkanes) is 1. The third kappa shape index (κ3) is 5.70. The van der Waals surface area contributed by atoms with E-state index in [1.165, 1.54) is 17.0 Å². The van der Waals surface area contributed by atoms with Crippen molar-refractivity contribution in [1.82, 2.24) is 0 Å². The highest BCUT2D eigenvalue weighted by molar-refractivity contribution is 5.95. The predicted octanol–water partition coefficient (Wildman–Crippen LogP) is 4.62. The Balaban J connectivity index is 2.36. The van der Waals surface area contributed by atoms with Gasteiger partial charge in [-0.1, -0.05) is 45.1 Å². The zero-order chi connectivity index (χ0) is 22.1. The lowest BCUT2D eigenvalue weighted by molar-refractivity contribution is -0.118. The van der Waals surface area contributed by atoms with Gasteiger partial charge in [0, 0.05) is 23.2 Å². The average molecular weight is 409 g/mol. The molecule has 0 spiro atoms. The van der Waals surface area contributed by atoms with Crippen molar-refractivity contribution in [2.45, 2.75) is 52.9 Å². The molecule has 2 amide bonds. The molecule has 0 saturated carbocycles. The molecule has 0 unspecified atom stereocenters. The average Bonchev–Trinajstić information content (AvgIpc) is 2.74. The fraction of sp³-hybridized carbons (Fsp3) is 0.360. The van der Waals surface area contributed by atoms with E-state index in [1.54, 1.807) is 24.3 Å². The number of halogens is 1. The fourth-order valence-electron chi connectivity index (χ4n) is 3.49. The Kier molecular flexibility index (Phi) is 8.61. The summed E-state index contributed by atoms with van der Waals surface area (Å²) in [4.78, 5) is 25.9. The fourth-order valence-corrected chi connectivity index (χ4v) is 3.49. The summed E-state index contributed by atoms with van der Waals surface area (Å²) < 4.78 is 13.7. The molecule has 0 aliphatic carbocycles. The van der Waals surface area contributed by atoms with Crippen LogP contribution in [-0.4, -0.2) is 18.4 Å². The number of amides is 2. The first kappa shape index (κ1) is 23.2. The molecule has 30 heavy (non-hydrogen) atoms. The number of benzene rings is 2. The molecule has 5 heteroatoms. The summed E-state index contributed by atoms with van der Waals surface area (Å²) in [5.74, 6) is 5.29. The number of primary amides is 1. The van der Waals surface area contributed by atoms with E-state index in [4.69, 9.17) is 5.73 Å². The van der Waals surface area contributed by atoms with Crippen molar-refractivity contribution >= 4 is 17.5 Å². The Labute approximate surface area is 178 Å². The summed E-state index contributed by atoms with van der Waals surface area (Å²) in [6.45, 7) is 6.18. The SMILES string of the molecule is CCCCC(=O)N(CC#Cc1ccc(C(N)=O)c(CC)c1CC)c1cccc(F)c1. The number of nitrogens with zero attached hydrogens (tertiary/aromatic N) is 1. The van der Waals surface area contributed by atoms with Gasteiger partial charge < -0.3 is 10.6 Å². The molecule has 0 fully saturated rings. The quantitative estimate of drug-likeness (QED) is 0.648. The Morgan fingerprint density at radius 3 is 2.40 bits per heavy atom. The first-order valence-electron chi connectivity index (χ1n) is 10.4. The number of anilines is 1. The Hall–Kier alpha value is -3.13. The van der Waals surface area contributed by atoms with E-state index in [1.807, 2.05) is 20.8 Å². The highest BCUT2D eigenvalue weighted by Gasteiger charge is 2.16. The van der Waals surface area contributed by atoms with Gasteiger partial charge in [0.05, 0.1) is 6.54 Å². The Morgan fingerprint density at radius 2 is 1.80 bits per heavy atom. The minimum atomic E-state index is -0.445. The molecule has 0 saturated heterocycles. The largest absolute Gasteiger partial charge is 0.366 e. The van der Waals surface area contributed by atoms with Crippen molar-refractivity contribution in [3.05, 3.63) is 64.5 Å². The van der Waals surface area contributed by atoms with Gasteiger partial charge in [0.2, 0.25) is 11.8 Å². The molecule has 0 radical (unpaired) electrons. The van der Waals surface area contributed by atoms with Gasteiger partial charge in [0.25, 0.3) is 0 Å². The highest BCUT2D eigenvalue weighted by Crippen LogP contribution is 2.21. The lowest BCUT2D eigenvalue weighted by Crippen LogP contribution is -2.31. The van der Waals surface area contributed by atoms with E-state index in [0.29, 0.717) is 24.1 Å². The maximum absolute atomic E-state index is 13.7. The number of carbonyl (C=O) groups is 2. The van der Waals surface area contributed by atoms with Crippen LogP contribution in [0, 0.1) is 17.7 Å². The van der Waals surface area contributed by atoms with E-state index >= 15 is 0 Å². The molecule has 0 aliphatic rings. The van der Waals surface area contributed by atoms with Gasteiger partial charge in [0.15, 0.2) is 0 Å². The van der Waals surface area contributed by atoms with Crippen LogP contribution in [0.2, 0.25) is 0 Å². The van der Waals surface area contributed by atoms with Crippen LogP contribution < -0.4 is 10.6 Å². The van der Waals surface area contributed by atoms with Crippen molar-refractivity contribution in [2.24, 2.45) is 5.73 Å². The molecule has 2 rings (SSSR count). The van der Waals surface area contributed by atoms with Crippen LogP contribution in [0.3, 0.4) is 0 Å². The van der Waals surface area contributed by atoms with Crippen LogP contribution in [0.5, 0.6) is 0 Å². The molecule has 2 N–H and O–H groups in total. The molecule has 158 valence electrons. The zero-order valence-corrected chi connectivity index (χ0v) is 17.9. The highest BCUT2D eigenvalue weighted by atomic mass is 19.1. The minimum absolute atomic E-state index is 0.0780. The summed E-state index contributed by atoms with van der Waals surface area (Å²) >= 11 is 0. The molecular formula is C25H29FN2O2. The number of nitrogens with two attached hydrogens (primary N) is 1. The molecule has 0 atom stereocenters. The molecule has 4 nitrogen and oxygen atoms in total. The second kappa shape index (κ2) is 11.2. The third-order valence-electron chi connectivity index (χ3n) is 5.03. The third-order valence-corrected chi connectivity index (χ3v) is 5.03. The van der Waals surface area contributed by atoms with Crippen molar-refractivity contribution in [1.29, 1.82) is 0 Å². The smallest absolute Gasteiger partial charge is 0.248 e. The number of rotatable bonds is 8. The second-order valence-electron chi connectivity index (χ2n) is 7.05. The minimum Gasteiger partial charge on any atom is -0.366 e. The number of hydrogen-bond acceptors (Lipinski definition) is 2. The Morgan fingerprint density at radius 1 is 1.07 bits per heavy atom. The maximum atomic E-state index is 13.7. The first-order chi connectivity index (χ1) is 14.4. The van der Waals surface area contributed by atoms with Gasteiger partial charge in [-0.05, 0) is 60.7 Å². The van der Waals surface area contributed by atoms with Crippen LogP contribution in [0.1, 0.15) is 67.1 Å². The van der Waals surface area contributed by atoms with E-state index in [2.05, 4.69) is 11.8 Å². The van der Waals surface area contributed by atoms with E-state index in [0.717, 1.165) is 36.0 Å². The molecule has 0 aliphatic heterocycles. The predicted molar refractivity (Wildman–Crippen MR) is 119 cm³/mol. The molecule has 0 aromatic heterocycles. The standard InChI is InChI=1S/C25H29FN2O2/c1-4-7-13-24(29)28(20-12-8-11-19(26)17-20)16-9-10-18-14-15-23(25(27)30)22(6-3)21(18)5-2/h8,11-12,14-15,17H,4-7,13,16H2,1-3H3,(H2,27,30). The summed E-state index contributed by atoms with van der Waals surface area (Å²) in [6.07, 6.45) is 3.47. The van der Waals surface area contributed by atoms with Crippen LogP contribution in [0.4, 0.5) is 10.1 Å². The van der Waals surface area contributed by atoms with E-state index < -0.39 is 11.7 Å². The van der Waals surface area contributed by atoms with Gasteiger partial charge in [-0.2, -0.15) is 0 Å². The summed E-state index contributed by atoms with van der Waals surface area (Å²) in [5, 5.41) is 0. The van der Waals surface area contributed by atoms with Crippen molar-refractivity contribution < 1.29 is 14.0 Å². The molecule has 0 bridgehead atoms. The van der Waals surface area contributed by atoms with Gasteiger partial charge in [-0.3, -0.25) is 9.59 Å². The number of carbonyl (C=O) groups excluding carboxylic acids is 2. The van der Waals surface area contributed by atoms with Gasteiger partial charge in [-0.15, -0.1) is 0 Å². The zero-order valence-electron chi connectivity index (χ0n) is 17.9. The van der Waals surface area contributed by atoms with Gasteiger partial charge in [0.1, 0.15) is 5.82 Å². The van der Waals surface area contributed by atoms with Crippen LogP contribution >= 0.6 is 0 Å². The molecule has 2 aromatic carbocycles. The lowest BCUT2D eigenvalue weighted by Gasteiger charge is -2.20. The molecule has 0 heterocycles. The topological polar surface area (TPSA) is 63.4 Å². The van der Waals surface area contributed by atoms with Gasteiger partial charge in [-0.25, -0.2) is 4.39 Å². The maximum Gasteiger partial charge on any atom is 0.248 e. The summed E-state index contributed by atoms with van der Waals surface area (Å²) in [5.41, 5.74) is 9.26. The summed E-state index contributed by atoms with van der Waals surface area (Å²) in [7, 11) is 0. The second-order valence-corrected chi connectivity index (χ2v) is 7.05. The normalized spacial score (nSPS) is 10.3. The molecular weight excluding hydrogens is 379 g/mol. The number of hydrogen-bond donors (Lipinski definition) is 1. The van der Waals surface area contributed by atoms with Gasteiger partial charge >= 0.3 is 0 Å². The van der Waals surface area contributed by atoms with Crippen molar-refractivity contribution in [3.8, 4) is 11.8 Å². The lowest BCUT2D eigenvalue weighted by atomic mass is 9.92. The van der Waals surface area contributed by atoms with Crippen LogP contribution in [0.15, 0.2) is 36.4 Å². The first-order valence-corrected chi connectivity index (χ1v) is 10.4. The van der Waals surface area contributed by atoms with E-state index in [-0.39, 0.29) is 12.5 Å². The monoisotopic (exact) mass is 408 g/mol.